The molecular weight excluding hydrogens is 425 g/mol. The standard InChI is InChI=1S/C21H15Cl2N5O2/c1-13-9-16(30-21-24-7-2-8-25-21)4-5-18(13)27-20(29)14-11-26-28(12-14)19-6-3-15(22)10-17(19)23/h2-12H,1H3,(H,27,29). The van der Waals surface area contributed by atoms with Crippen LogP contribution in [0.4, 0.5) is 5.69 Å². The van der Waals surface area contributed by atoms with Gasteiger partial charge in [-0.15, -0.1) is 0 Å². The van der Waals surface area contributed by atoms with Crippen molar-refractivity contribution in [3.05, 3.63) is 88.4 Å². The van der Waals surface area contributed by atoms with E-state index < -0.39 is 0 Å². The van der Waals surface area contributed by atoms with Gasteiger partial charge in [-0.05, 0) is 55.0 Å². The number of ether oxygens (including phenoxy) is 1. The lowest BCUT2D eigenvalue weighted by Crippen LogP contribution is -2.12. The predicted octanol–water partition coefficient (Wildman–Crippen LogP) is 5.32. The normalized spacial score (nSPS) is 10.6. The highest BCUT2D eigenvalue weighted by Crippen LogP contribution is 2.26. The molecule has 9 heteroatoms. The van der Waals surface area contributed by atoms with Crippen molar-refractivity contribution < 1.29 is 9.53 Å². The molecule has 0 fully saturated rings. The fourth-order valence-electron chi connectivity index (χ4n) is 2.72. The summed E-state index contributed by atoms with van der Waals surface area (Å²) in [5.41, 5.74) is 2.49. The van der Waals surface area contributed by atoms with Crippen molar-refractivity contribution in [3.8, 4) is 17.4 Å². The largest absolute Gasteiger partial charge is 0.424 e. The summed E-state index contributed by atoms with van der Waals surface area (Å²) in [6.07, 6.45) is 6.27. The van der Waals surface area contributed by atoms with Crippen molar-refractivity contribution >= 4 is 34.8 Å². The van der Waals surface area contributed by atoms with E-state index >= 15 is 0 Å². The van der Waals surface area contributed by atoms with Crippen LogP contribution in [0, 0.1) is 6.92 Å². The monoisotopic (exact) mass is 439 g/mol. The Morgan fingerprint density at radius 1 is 1.10 bits per heavy atom. The maximum atomic E-state index is 12.7. The van der Waals surface area contributed by atoms with Gasteiger partial charge in [0.15, 0.2) is 0 Å². The van der Waals surface area contributed by atoms with Gasteiger partial charge < -0.3 is 10.1 Å². The molecule has 30 heavy (non-hydrogen) atoms. The van der Waals surface area contributed by atoms with E-state index in [4.69, 9.17) is 27.9 Å². The Morgan fingerprint density at radius 2 is 1.90 bits per heavy atom. The Morgan fingerprint density at radius 3 is 2.63 bits per heavy atom. The molecule has 4 rings (SSSR count). The lowest BCUT2D eigenvalue weighted by molar-refractivity contribution is 0.102. The van der Waals surface area contributed by atoms with Gasteiger partial charge in [-0.3, -0.25) is 4.79 Å². The fourth-order valence-corrected chi connectivity index (χ4v) is 3.21. The van der Waals surface area contributed by atoms with Crippen LogP contribution in [0.25, 0.3) is 5.69 Å². The predicted molar refractivity (Wildman–Crippen MR) is 115 cm³/mol. The molecule has 7 nitrogen and oxygen atoms in total. The fraction of sp³-hybridized carbons (Fsp3) is 0.0476. The zero-order valence-electron chi connectivity index (χ0n) is 15.7. The second-order valence-corrected chi connectivity index (χ2v) is 7.18. The number of nitrogens with one attached hydrogen (secondary N) is 1. The third-order valence-electron chi connectivity index (χ3n) is 4.20. The molecule has 0 atom stereocenters. The minimum absolute atomic E-state index is 0.252. The molecule has 0 aliphatic carbocycles. The molecule has 0 unspecified atom stereocenters. The van der Waals surface area contributed by atoms with Gasteiger partial charge in [0.25, 0.3) is 5.91 Å². The van der Waals surface area contributed by atoms with Crippen molar-refractivity contribution in [2.45, 2.75) is 6.92 Å². The van der Waals surface area contributed by atoms with Crippen LogP contribution in [0.2, 0.25) is 10.0 Å². The van der Waals surface area contributed by atoms with Gasteiger partial charge in [-0.25, -0.2) is 14.6 Å². The molecule has 0 saturated heterocycles. The van der Waals surface area contributed by atoms with Crippen molar-refractivity contribution in [2.75, 3.05) is 5.32 Å². The number of aromatic nitrogens is 4. The molecule has 2 aromatic heterocycles. The number of nitrogens with zero attached hydrogens (tertiary/aromatic N) is 4. The molecule has 1 N–H and O–H groups in total. The van der Waals surface area contributed by atoms with Crippen molar-refractivity contribution in [3.63, 3.8) is 0 Å². The summed E-state index contributed by atoms with van der Waals surface area (Å²) < 4.78 is 7.13. The summed E-state index contributed by atoms with van der Waals surface area (Å²) in [5.74, 6) is 0.274. The molecule has 4 aromatic rings. The maximum absolute atomic E-state index is 12.7. The number of hydrogen-bond acceptors (Lipinski definition) is 5. The molecule has 2 heterocycles. The van der Waals surface area contributed by atoms with E-state index in [1.807, 2.05) is 6.92 Å². The lowest BCUT2D eigenvalue weighted by Gasteiger charge is -2.10. The first kappa shape index (κ1) is 19.9. The van der Waals surface area contributed by atoms with Crippen LogP contribution in [-0.2, 0) is 0 Å². The summed E-state index contributed by atoms with van der Waals surface area (Å²) in [6, 6.07) is 12.3. The minimum Gasteiger partial charge on any atom is -0.424 e. The van der Waals surface area contributed by atoms with Gasteiger partial charge in [0.1, 0.15) is 5.75 Å². The summed E-state index contributed by atoms with van der Waals surface area (Å²) in [6.45, 7) is 1.87. The molecule has 1 amide bonds. The smallest absolute Gasteiger partial charge is 0.321 e. The summed E-state index contributed by atoms with van der Waals surface area (Å²) >= 11 is 12.1. The highest BCUT2D eigenvalue weighted by molar-refractivity contribution is 6.35. The highest BCUT2D eigenvalue weighted by atomic mass is 35.5. The third kappa shape index (κ3) is 4.42. The van der Waals surface area contributed by atoms with E-state index in [9.17, 15) is 4.79 Å². The average Bonchev–Trinajstić information content (AvgIpc) is 3.21. The van der Waals surface area contributed by atoms with Gasteiger partial charge in [-0.2, -0.15) is 5.10 Å². The quantitative estimate of drug-likeness (QED) is 0.454. The summed E-state index contributed by atoms with van der Waals surface area (Å²) in [5, 5.41) is 8.05. The number of benzene rings is 2. The van der Waals surface area contributed by atoms with Gasteiger partial charge >= 0.3 is 6.01 Å². The van der Waals surface area contributed by atoms with Crippen LogP contribution in [0.15, 0.2) is 67.3 Å². The van der Waals surface area contributed by atoms with E-state index in [0.717, 1.165) is 5.56 Å². The van der Waals surface area contributed by atoms with Gasteiger partial charge in [-0.1, -0.05) is 23.2 Å². The number of rotatable bonds is 5. The lowest BCUT2D eigenvalue weighted by atomic mass is 10.2. The van der Waals surface area contributed by atoms with E-state index in [2.05, 4.69) is 20.4 Å². The Hall–Kier alpha value is -3.42. The van der Waals surface area contributed by atoms with Crippen LogP contribution >= 0.6 is 23.2 Å². The Bertz CT molecular complexity index is 1210. The van der Waals surface area contributed by atoms with Gasteiger partial charge in [0.2, 0.25) is 0 Å². The number of halogens is 2. The number of aryl methyl sites for hydroxylation is 1. The van der Waals surface area contributed by atoms with E-state index in [0.29, 0.717) is 32.7 Å². The van der Waals surface area contributed by atoms with Crippen molar-refractivity contribution in [1.82, 2.24) is 19.7 Å². The number of carbonyl (C=O) groups excluding carboxylic acids is 1. The summed E-state index contributed by atoms with van der Waals surface area (Å²) in [4.78, 5) is 20.7. The van der Waals surface area contributed by atoms with Gasteiger partial charge in [0, 0.05) is 29.3 Å². The molecule has 0 aliphatic heterocycles. The highest BCUT2D eigenvalue weighted by Gasteiger charge is 2.13. The maximum Gasteiger partial charge on any atom is 0.321 e. The molecule has 0 saturated carbocycles. The van der Waals surface area contributed by atoms with E-state index in [1.165, 1.54) is 10.9 Å². The Kier molecular flexibility index (Phi) is 5.65. The molecule has 0 spiro atoms. The summed E-state index contributed by atoms with van der Waals surface area (Å²) in [7, 11) is 0. The number of amides is 1. The van der Waals surface area contributed by atoms with E-state index in [-0.39, 0.29) is 11.9 Å². The molecule has 150 valence electrons. The first-order valence-electron chi connectivity index (χ1n) is 8.86. The average molecular weight is 440 g/mol. The Labute approximate surface area is 182 Å². The number of hydrogen-bond donors (Lipinski definition) is 1. The molecule has 0 bridgehead atoms. The zero-order valence-corrected chi connectivity index (χ0v) is 17.2. The SMILES string of the molecule is Cc1cc(Oc2ncccn2)ccc1NC(=O)c1cnn(-c2ccc(Cl)cc2Cl)c1. The van der Waals surface area contributed by atoms with Crippen LogP contribution in [-0.4, -0.2) is 25.7 Å². The van der Waals surface area contributed by atoms with Gasteiger partial charge in [0.05, 0.1) is 22.5 Å². The number of carbonyl (C=O) groups is 1. The molecule has 2 aromatic carbocycles. The topological polar surface area (TPSA) is 81.9 Å². The zero-order chi connectivity index (χ0) is 21.1. The number of anilines is 1. The van der Waals surface area contributed by atoms with Crippen LogP contribution in [0.5, 0.6) is 11.8 Å². The molecule has 0 radical (unpaired) electrons. The second-order valence-electron chi connectivity index (χ2n) is 6.33. The van der Waals surface area contributed by atoms with Crippen LogP contribution in [0.3, 0.4) is 0 Å². The van der Waals surface area contributed by atoms with Crippen LogP contribution < -0.4 is 10.1 Å². The Balaban J connectivity index is 1.48. The first-order valence-corrected chi connectivity index (χ1v) is 9.62. The molecular formula is C21H15Cl2N5O2. The van der Waals surface area contributed by atoms with E-state index in [1.54, 1.807) is 61.1 Å². The third-order valence-corrected chi connectivity index (χ3v) is 4.74. The first-order chi connectivity index (χ1) is 14.5. The second kappa shape index (κ2) is 8.52. The molecule has 0 aliphatic rings. The van der Waals surface area contributed by atoms with Crippen molar-refractivity contribution in [2.24, 2.45) is 0 Å². The van der Waals surface area contributed by atoms with Crippen LogP contribution in [0.1, 0.15) is 15.9 Å². The minimum atomic E-state index is -0.297. The van der Waals surface area contributed by atoms with Crippen molar-refractivity contribution in [1.29, 1.82) is 0 Å².